The van der Waals surface area contributed by atoms with Gasteiger partial charge in [-0.15, -0.1) is 0 Å². The molecule has 0 aliphatic carbocycles. The van der Waals surface area contributed by atoms with Crippen LogP contribution in [0.1, 0.15) is 50.4 Å². The van der Waals surface area contributed by atoms with E-state index in [4.69, 9.17) is 4.42 Å². The molecule has 2 atom stereocenters. The first-order chi connectivity index (χ1) is 11.7. The molecule has 0 unspecified atom stereocenters. The van der Waals surface area contributed by atoms with E-state index in [0.29, 0.717) is 25.1 Å². The maximum absolute atomic E-state index is 12.7. The fourth-order valence-electron chi connectivity index (χ4n) is 3.39. The number of amides is 1. The molecule has 1 amide bonds. The molecule has 6 heteroatoms. The van der Waals surface area contributed by atoms with Gasteiger partial charge >= 0.3 is 0 Å². The maximum atomic E-state index is 12.7. The van der Waals surface area contributed by atoms with Gasteiger partial charge in [0.1, 0.15) is 11.9 Å². The summed E-state index contributed by atoms with van der Waals surface area (Å²) in [6.07, 6.45) is 9.66. The molecule has 0 aromatic carbocycles. The highest BCUT2D eigenvalue weighted by Gasteiger charge is 2.28. The normalized spacial score (nSPS) is 19.9. The number of aryl methyl sites for hydroxylation is 1. The summed E-state index contributed by atoms with van der Waals surface area (Å²) in [6, 6.07) is 5.49. The summed E-state index contributed by atoms with van der Waals surface area (Å²) in [6.45, 7) is 1.36. The van der Waals surface area contributed by atoms with Gasteiger partial charge in [-0.3, -0.25) is 9.48 Å². The van der Waals surface area contributed by atoms with Gasteiger partial charge in [-0.2, -0.15) is 5.10 Å². The van der Waals surface area contributed by atoms with Crippen molar-refractivity contribution in [3.8, 4) is 0 Å². The Morgan fingerprint density at radius 1 is 1.38 bits per heavy atom. The lowest BCUT2D eigenvalue weighted by Crippen LogP contribution is -2.41. The van der Waals surface area contributed by atoms with Crippen molar-refractivity contribution in [3.05, 3.63) is 42.6 Å². The minimum absolute atomic E-state index is 0.0673. The molecule has 0 radical (unpaired) electrons. The molecule has 0 spiro atoms. The SMILES string of the molecule is O=C(CCn1cccn1)N1CCCCC[C@@H]1C[C@@H](O)c1ccco1. The van der Waals surface area contributed by atoms with Crippen molar-refractivity contribution in [2.75, 3.05) is 6.54 Å². The number of furan rings is 1. The van der Waals surface area contributed by atoms with Gasteiger partial charge in [-0.25, -0.2) is 0 Å². The zero-order valence-electron chi connectivity index (χ0n) is 13.9. The Hall–Kier alpha value is -2.08. The van der Waals surface area contributed by atoms with Crippen LogP contribution in [0.25, 0.3) is 0 Å². The van der Waals surface area contributed by atoms with Crippen LogP contribution in [-0.4, -0.2) is 38.3 Å². The Bertz CT molecular complexity index is 610. The van der Waals surface area contributed by atoms with Gasteiger partial charge in [0.15, 0.2) is 0 Å². The molecule has 0 bridgehead atoms. The number of rotatable bonds is 6. The number of nitrogens with zero attached hydrogens (tertiary/aromatic N) is 3. The van der Waals surface area contributed by atoms with Gasteiger partial charge in [0.25, 0.3) is 0 Å². The molecule has 3 rings (SSSR count). The quantitative estimate of drug-likeness (QED) is 0.883. The molecule has 1 saturated heterocycles. The first kappa shape index (κ1) is 16.8. The average Bonchev–Trinajstić information content (AvgIpc) is 3.24. The smallest absolute Gasteiger partial charge is 0.224 e. The van der Waals surface area contributed by atoms with Gasteiger partial charge in [0, 0.05) is 44.4 Å². The predicted molar refractivity (Wildman–Crippen MR) is 89.1 cm³/mol. The molecular formula is C18H25N3O3. The Balaban J connectivity index is 1.61. The number of aliphatic hydroxyl groups excluding tert-OH is 1. The van der Waals surface area contributed by atoms with Crippen molar-refractivity contribution in [2.24, 2.45) is 0 Å². The minimum atomic E-state index is -0.662. The number of aromatic nitrogens is 2. The van der Waals surface area contributed by atoms with Gasteiger partial charge in [-0.1, -0.05) is 12.8 Å². The standard InChI is InChI=1S/C18H25N3O3/c22-16(17-7-4-13-24-17)14-15-6-2-1-3-11-21(15)18(23)8-12-20-10-5-9-19-20/h4-5,7,9-10,13,15-16,22H,1-3,6,8,11-12,14H2/t15-,16-/m1/s1. The summed E-state index contributed by atoms with van der Waals surface area (Å²) < 4.78 is 7.08. The lowest BCUT2D eigenvalue weighted by atomic mass is 10.0. The van der Waals surface area contributed by atoms with Crippen molar-refractivity contribution >= 4 is 5.91 Å². The van der Waals surface area contributed by atoms with Gasteiger partial charge < -0.3 is 14.4 Å². The summed E-state index contributed by atoms with van der Waals surface area (Å²) in [5, 5.41) is 14.5. The molecule has 1 aliphatic heterocycles. The number of carbonyl (C=O) groups is 1. The molecule has 1 aliphatic rings. The van der Waals surface area contributed by atoms with Crippen LogP contribution >= 0.6 is 0 Å². The molecule has 6 nitrogen and oxygen atoms in total. The third-order valence-electron chi connectivity index (χ3n) is 4.68. The van der Waals surface area contributed by atoms with Crippen LogP contribution in [-0.2, 0) is 11.3 Å². The van der Waals surface area contributed by atoms with Crippen LogP contribution in [0.15, 0.2) is 41.3 Å². The first-order valence-electron chi connectivity index (χ1n) is 8.72. The van der Waals surface area contributed by atoms with Crippen LogP contribution in [0.2, 0.25) is 0 Å². The Labute approximate surface area is 142 Å². The van der Waals surface area contributed by atoms with Crippen LogP contribution in [0.4, 0.5) is 0 Å². The lowest BCUT2D eigenvalue weighted by molar-refractivity contribution is -0.134. The van der Waals surface area contributed by atoms with Crippen molar-refractivity contribution in [2.45, 2.75) is 57.2 Å². The van der Waals surface area contributed by atoms with E-state index >= 15 is 0 Å². The van der Waals surface area contributed by atoms with Crippen LogP contribution in [0.5, 0.6) is 0 Å². The molecule has 1 N–H and O–H groups in total. The highest BCUT2D eigenvalue weighted by atomic mass is 16.4. The summed E-state index contributed by atoms with van der Waals surface area (Å²) in [5.41, 5.74) is 0. The van der Waals surface area contributed by atoms with Gasteiger partial charge in [0.2, 0.25) is 5.91 Å². The second-order valence-corrected chi connectivity index (χ2v) is 6.38. The van der Waals surface area contributed by atoms with E-state index in [1.165, 1.54) is 0 Å². The van der Waals surface area contributed by atoms with Crippen LogP contribution in [0.3, 0.4) is 0 Å². The highest BCUT2D eigenvalue weighted by Crippen LogP contribution is 2.27. The Kier molecular flexibility index (Phi) is 5.69. The summed E-state index contributed by atoms with van der Waals surface area (Å²) in [5.74, 6) is 0.715. The zero-order valence-corrected chi connectivity index (χ0v) is 13.9. The monoisotopic (exact) mass is 331 g/mol. The average molecular weight is 331 g/mol. The van der Waals surface area contributed by atoms with Crippen LogP contribution in [0, 0.1) is 0 Å². The molecule has 2 aromatic rings. The topological polar surface area (TPSA) is 71.5 Å². The highest BCUT2D eigenvalue weighted by molar-refractivity contribution is 5.76. The van der Waals surface area contributed by atoms with E-state index in [1.807, 2.05) is 17.2 Å². The number of hydrogen-bond acceptors (Lipinski definition) is 4. The first-order valence-corrected chi connectivity index (χ1v) is 8.72. The minimum Gasteiger partial charge on any atom is -0.467 e. The summed E-state index contributed by atoms with van der Waals surface area (Å²) in [4.78, 5) is 14.7. The summed E-state index contributed by atoms with van der Waals surface area (Å²) >= 11 is 0. The lowest BCUT2D eigenvalue weighted by Gasteiger charge is -2.31. The number of hydrogen-bond donors (Lipinski definition) is 1. The second kappa shape index (κ2) is 8.15. The third kappa shape index (κ3) is 4.26. The molecule has 0 saturated carbocycles. The summed E-state index contributed by atoms with van der Waals surface area (Å²) in [7, 11) is 0. The fourth-order valence-corrected chi connectivity index (χ4v) is 3.39. The Morgan fingerprint density at radius 3 is 3.04 bits per heavy atom. The predicted octanol–water partition coefficient (Wildman–Crippen LogP) is 2.76. The molecule has 130 valence electrons. The largest absolute Gasteiger partial charge is 0.467 e. The molecule has 24 heavy (non-hydrogen) atoms. The van der Waals surface area contributed by atoms with E-state index in [-0.39, 0.29) is 11.9 Å². The van der Waals surface area contributed by atoms with Gasteiger partial charge in [-0.05, 0) is 31.0 Å². The Morgan fingerprint density at radius 2 is 2.29 bits per heavy atom. The number of carbonyl (C=O) groups excluding carboxylic acids is 1. The van der Waals surface area contributed by atoms with Crippen molar-refractivity contribution in [1.82, 2.24) is 14.7 Å². The molecule has 3 heterocycles. The van der Waals surface area contributed by atoms with Crippen molar-refractivity contribution < 1.29 is 14.3 Å². The van der Waals surface area contributed by atoms with E-state index in [0.717, 1.165) is 32.2 Å². The molecule has 1 fully saturated rings. The maximum Gasteiger partial charge on any atom is 0.224 e. The third-order valence-corrected chi connectivity index (χ3v) is 4.68. The fraction of sp³-hybridized carbons (Fsp3) is 0.556. The van der Waals surface area contributed by atoms with E-state index < -0.39 is 6.10 Å². The van der Waals surface area contributed by atoms with Gasteiger partial charge in [0.05, 0.1) is 6.26 Å². The number of likely N-dealkylation sites (tertiary alicyclic amines) is 1. The molecular weight excluding hydrogens is 306 g/mol. The van der Waals surface area contributed by atoms with Crippen molar-refractivity contribution in [3.63, 3.8) is 0 Å². The second-order valence-electron chi connectivity index (χ2n) is 6.38. The number of aliphatic hydroxyl groups is 1. The van der Waals surface area contributed by atoms with Crippen molar-refractivity contribution in [1.29, 1.82) is 0 Å². The molecule has 2 aromatic heterocycles. The van der Waals surface area contributed by atoms with E-state index in [9.17, 15) is 9.90 Å². The van der Waals surface area contributed by atoms with Crippen LogP contribution < -0.4 is 0 Å². The van der Waals surface area contributed by atoms with E-state index in [1.54, 1.807) is 29.3 Å². The van der Waals surface area contributed by atoms with E-state index in [2.05, 4.69) is 5.10 Å². The zero-order chi connectivity index (χ0) is 16.8.